The molecule has 1 aliphatic carbocycles. The molecule has 2 fully saturated rings. The minimum Gasteiger partial charge on any atom is -0.481 e. The minimum absolute atomic E-state index is 0.0158. The molecule has 0 aromatic carbocycles. The van der Waals surface area contributed by atoms with Gasteiger partial charge in [-0.25, -0.2) is 4.98 Å². The molecule has 0 atom stereocenters. The van der Waals surface area contributed by atoms with Crippen LogP contribution in [0.1, 0.15) is 61.7 Å². The highest BCUT2D eigenvalue weighted by Gasteiger charge is 2.36. The smallest absolute Gasteiger partial charge is 0.305 e. The van der Waals surface area contributed by atoms with E-state index in [0.717, 1.165) is 51.0 Å². The van der Waals surface area contributed by atoms with Crippen molar-refractivity contribution in [3.8, 4) is 0 Å². The van der Waals surface area contributed by atoms with Gasteiger partial charge in [-0.05, 0) is 37.8 Å². The van der Waals surface area contributed by atoms with E-state index >= 15 is 0 Å². The Kier molecular flexibility index (Phi) is 5.02. The summed E-state index contributed by atoms with van der Waals surface area (Å²) in [6.45, 7) is 2.03. The fourth-order valence-electron chi connectivity index (χ4n) is 3.83. The Morgan fingerprint density at radius 3 is 2.42 bits per heavy atom. The monoisotopic (exact) mass is 331 g/mol. The van der Waals surface area contributed by atoms with E-state index in [1.165, 1.54) is 12.8 Å². The maximum Gasteiger partial charge on any atom is 0.305 e. The van der Waals surface area contributed by atoms with Crippen molar-refractivity contribution >= 4 is 17.7 Å². The summed E-state index contributed by atoms with van der Waals surface area (Å²) in [5.74, 6) is -0.180. The van der Waals surface area contributed by atoms with Crippen molar-refractivity contribution in [1.29, 1.82) is 0 Å². The number of aromatic nitrogens is 1. The van der Waals surface area contributed by atoms with Gasteiger partial charge >= 0.3 is 5.97 Å². The second-order valence-corrected chi connectivity index (χ2v) is 6.96. The largest absolute Gasteiger partial charge is 0.481 e. The maximum atomic E-state index is 12.6. The van der Waals surface area contributed by atoms with E-state index in [1.807, 2.05) is 6.07 Å². The van der Waals surface area contributed by atoms with Crippen molar-refractivity contribution in [3.05, 3.63) is 23.9 Å². The number of hydrogen-bond donors (Lipinski definition) is 2. The van der Waals surface area contributed by atoms with Gasteiger partial charge in [-0.3, -0.25) is 9.59 Å². The van der Waals surface area contributed by atoms with Crippen LogP contribution in [-0.4, -0.2) is 40.6 Å². The Hall–Kier alpha value is -2.11. The molecule has 1 amide bonds. The van der Waals surface area contributed by atoms with Crippen molar-refractivity contribution in [1.82, 2.24) is 10.3 Å². The number of pyridine rings is 1. The first-order valence-corrected chi connectivity index (χ1v) is 8.83. The molecule has 1 saturated carbocycles. The van der Waals surface area contributed by atoms with Crippen molar-refractivity contribution in [2.24, 2.45) is 0 Å². The van der Waals surface area contributed by atoms with Crippen LogP contribution in [-0.2, 0) is 4.79 Å². The van der Waals surface area contributed by atoms with Gasteiger partial charge in [-0.2, -0.15) is 0 Å². The van der Waals surface area contributed by atoms with Gasteiger partial charge in [-0.15, -0.1) is 0 Å². The highest BCUT2D eigenvalue weighted by molar-refractivity contribution is 5.94. The Bertz CT molecular complexity index is 588. The van der Waals surface area contributed by atoms with Crippen LogP contribution in [0.5, 0.6) is 0 Å². The van der Waals surface area contributed by atoms with Crippen LogP contribution in [0.15, 0.2) is 18.3 Å². The standard InChI is InChI=1S/C18H25N3O3/c22-16(23)12-18(8-2-1-3-9-18)20-17(24)14-6-7-15(19-13-14)21-10-4-5-11-21/h6-7,13H,1-5,8-12H2,(H,20,24)(H,22,23). The van der Waals surface area contributed by atoms with E-state index in [1.54, 1.807) is 12.3 Å². The van der Waals surface area contributed by atoms with E-state index in [0.29, 0.717) is 5.56 Å². The molecule has 130 valence electrons. The van der Waals surface area contributed by atoms with Crippen molar-refractivity contribution in [2.45, 2.75) is 56.9 Å². The zero-order chi connectivity index (χ0) is 17.0. The lowest BCUT2D eigenvalue weighted by atomic mass is 9.79. The Labute approximate surface area is 142 Å². The number of hydrogen-bond acceptors (Lipinski definition) is 4. The van der Waals surface area contributed by atoms with Crippen LogP contribution in [0.25, 0.3) is 0 Å². The second-order valence-electron chi connectivity index (χ2n) is 6.96. The fourth-order valence-corrected chi connectivity index (χ4v) is 3.83. The van der Waals surface area contributed by atoms with Crippen molar-refractivity contribution in [2.75, 3.05) is 18.0 Å². The molecule has 6 heteroatoms. The SMILES string of the molecule is O=C(O)CC1(NC(=O)c2ccc(N3CCCC3)nc2)CCCCC1. The van der Waals surface area contributed by atoms with Crippen LogP contribution >= 0.6 is 0 Å². The summed E-state index contributed by atoms with van der Waals surface area (Å²) in [5.41, 5.74) is -0.122. The topological polar surface area (TPSA) is 82.5 Å². The fraction of sp³-hybridized carbons (Fsp3) is 0.611. The molecule has 2 N–H and O–H groups in total. The Balaban J connectivity index is 1.69. The summed E-state index contributed by atoms with van der Waals surface area (Å²) in [7, 11) is 0. The molecule has 0 unspecified atom stereocenters. The maximum absolute atomic E-state index is 12.6. The number of carboxylic acids is 1. The van der Waals surface area contributed by atoms with Crippen LogP contribution in [0, 0.1) is 0 Å². The average Bonchev–Trinajstić information content (AvgIpc) is 3.09. The van der Waals surface area contributed by atoms with E-state index < -0.39 is 11.5 Å². The van der Waals surface area contributed by atoms with Gasteiger partial charge < -0.3 is 15.3 Å². The Morgan fingerprint density at radius 1 is 1.12 bits per heavy atom. The number of carbonyl (C=O) groups is 2. The Morgan fingerprint density at radius 2 is 1.83 bits per heavy atom. The molecule has 2 aliphatic rings. The summed E-state index contributed by atoms with van der Waals surface area (Å²) < 4.78 is 0. The lowest BCUT2D eigenvalue weighted by molar-refractivity contribution is -0.139. The molecule has 6 nitrogen and oxygen atoms in total. The first kappa shape index (κ1) is 16.7. The lowest BCUT2D eigenvalue weighted by Crippen LogP contribution is -2.51. The molecule has 0 spiro atoms. The van der Waals surface area contributed by atoms with E-state index in [-0.39, 0.29) is 12.3 Å². The molecule has 1 aromatic heterocycles. The van der Waals surface area contributed by atoms with Crippen LogP contribution in [0.2, 0.25) is 0 Å². The van der Waals surface area contributed by atoms with Gasteiger partial charge in [0.2, 0.25) is 0 Å². The number of nitrogens with one attached hydrogen (secondary N) is 1. The van der Waals surface area contributed by atoms with Gasteiger partial charge in [0.15, 0.2) is 0 Å². The van der Waals surface area contributed by atoms with E-state index in [4.69, 9.17) is 0 Å². The number of anilines is 1. The zero-order valence-electron chi connectivity index (χ0n) is 14.0. The first-order chi connectivity index (χ1) is 11.6. The molecule has 3 rings (SSSR count). The van der Waals surface area contributed by atoms with Gasteiger partial charge in [0.1, 0.15) is 5.82 Å². The van der Waals surface area contributed by atoms with E-state index in [9.17, 15) is 14.7 Å². The quantitative estimate of drug-likeness (QED) is 0.866. The number of carboxylic acid groups (broad SMARTS) is 1. The molecule has 1 saturated heterocycles. The number of rotatable bonds is 5. The minimum atomic E-state index is -0.861. The highest BCUT2D eigenvalue weighted by Crippen LogP contribution is 2.31. The van der Waals surface area contributed by atoms with Gasteiger partial charge in [0.25, 0.3) is 5.91 Å². The summed E-state index contributed by atoms with van der Waals surface area (Å²) in [6.07, 6.45) is 8.42. The van der Waals surface area contributed by atoms with Crippen LogP contribution in [0.4, 0.5) is 5.82 Å². The molecule has 0 bridgehead atoms. The molecular formula is C18H25N3O3. The first-order valence-electron chi connectivity index (χ1n) is 8.83. The number of aliphatic carboxylic acids is 1. The predicted octanol–water partition coefficient (Wildman–Crippen LogP) is 2.59. The van der Waals surface area contributed by atoms with Crippen LogP contribution < -0.4 is 10.2 Å². The van der Waals surface area contributed by atoms with Crippen molar-refractivity contribution in [3.63, 3.8) is 0 Å². The number of nitrogens with zero attached hydrogens (tertiary/aromatic N) is 2. The number of amides is 1. The summed E-state index contributed by atoms with van der Waals surface area (Å²) in [5, 5.41) is 12.2. The van der Waals surface area contributed by atoms with Gasteiger partial charge in [0.05, 0.1) is 17.5 Å². The summed E-state index contributed by atoms with van der Waals surface area (Å²) in [6, 6.07) is 3.66. The predicted molar refractivity (Wildman–Crippen MR) is 91.2 cm³/mol. The molecule has 1 aliphatic heterocycles. The normalized spacial score (nSPS) is 19.9. The number of carbonyl (C=O) groups excluding carboxylic acids is 1. The van der Waals surface area contributed by atoms with E-state index in [2.05, 4.69) is 15.2 Å². The molecule has 0 radical (unpaired) electrons. The second kappa shape index (κ2) is 7.20. The third-order valence-electron chi connectivity index (χ3n) is 5.12. The molecule has 24 heavy (non-hydrogen) atoms. The summed E-state index contributed by atoms with van der Waals surface area (Å²) >= 11 is 0. The zero-order valence-corrected chi connectivity index (χ0v) is 14.0. The third kappa shape index (κ3) is 3.86. The molecule has 1 aromatic rings. The highest BCUT2D eigenvalue weighted by atomic mass is 16.4. The van der Waals surface area contributed by atoms with Crippen molar-refractivity contribution < 1.29 is 14.7 Å². The lowest BCUT2D eigenvalue weighted by Gasteiger charge is -2.37. The molecule has 2 heterocycles. The van der Waals surface area contributed by atoms with Crippen LogP contribution in [0.3, 0.4) is 0 Å². The summed E-state index contributed by atoms with van der Waals surface area (Å²) in [4.78, 5) is 30.4. The third-order valence-corrected chi connectivity index (χ3v) is 5.12. The molecular weight excluding hydrogens is 306 g/mol. The van der Waals surface area contributed by atoms with Gasteiger partial charge in [-0.1, -0.05) is 19.3 Å². The average molecular weight is 331 g/mol. The van der Waals surface area contributed by atoms with Gasteiger partial charge in [0, 0.05) is 19.3 Å².